The third-order valence-corrected chi connectivity index (χ3v) is 11.8. The van der Waals surface area contributed by atoms with Crippen LogP contribution >= 0.6 is 0 Å². The lowest BCUT2D eigenvalue weighted by Crippen LogP contribution is -2.67. The van der Waals surface area contributed by atoms with Crippen LogP contribution in [0.3, 0.4) is 0 Å². The average molecular weight is 525 g/mol. The average Bonchev–Trinajstić information content (AvgIpc) is 2.88. The van der Waals surface area contributed by atoms with Crippen LogP contribution in [0.5, 0.6) is 0 Å². The minimum atomic E-state index is -2.77. The Morgan fingerprint density at radius 2 is 1.35 bits per heavy atom. The second-order valence-corrected chi connectivity index (χ2v) is 14.9. The molecule has 4 nitrogen and oxygen atoms in total. The van der Waals surface area contributed by atoms with Crippen LogP contribution in [0.2, 0.25) is 5.04 Å². The first-order valence-electron chi connectivity index (χ1n) is 13.9. The molecular weight excluding hydrogens is 476 g/mol. The zero-order valence-corrected chi connectivity index (χ0v) is 25.1. The molecule has 2 aromatic carbocycles. The van der Waals surface area contributed by atoms with Crippen LogP contribution in [0, 0.1) is 0 Å². The highest BCUT2D eigenvalue weighted by molar-refractivity contribution is 6.99. The van der Waals surface area contributed by atoms with Gasteiger partial charge >= 0.3 is 0 Å². The fraction of sp³-hybridized carbons (Fsp3) is 0.531. The molecule has 0 spiro atoms. The number of ether oxygens (including phenoxy) is 2. The van der Waals surface area contributed by atoms with Gasteiger partial charge in [-0.3, -0.25) is 4.79 Å². The van der Waals surface area contributed by atoms with E-state index in [1.807, 2.05) is 20.8 Å². The van der Waals surface area contributed by atoms with E-state index < -0.39 is 14.6 Å². The highest BCUT2D eigenvalue weighted by Gasteiger charge is 2.51. The summed E-state index contributed by atoms with van der Waals surface area (Å²) >= 11 is 0. The van der Waals surface area contributed by atoms with E-state index in [0.717, 1.165) is 24.8 Å². The molecule has 0 fully saturated rings. The van der Waals surface area contributed by atoms with Crippen LogP contribution in [0.4, 0.5) is 0 Å². The number of hydrogen-bond donors (Lipinski definition) is 0. The number of benzene rings is 2. The largest absolute Gasteiger partial charge is 0.401 e. The number of hydrogen-bond acceptors (Lipinski definition) is 4. The number of carbonyl (C=O) groups is 1. The summed E-state index contributed by atoms with van der Waals surface area (Å²) in [7, 11) is -2.77. The van der Waals surface area contributed by atoms with Gasteiger partial charge in [-0.15, -0.1) is 0 Å². The zero-order valence-electron chi connectivity index (χ0n) is 24.1. The highest BCUT2D eigenvalue weighted by atomic mass is 28.4. The van der Waals surface area contributed by atoms with Crippen LogP contribution in [-0.2, 0) is 18.7 Å². The molecule has 0 heterocycles. The van der Waals surface area contributed by atoms with Gasteiger partial charge in [-0.05, 0) is 54.3 Å². The molecule has 0 bridgehead atoms. The van der Waals surface area contributed by atoms with Crippen molar-refractivity contribution in [3.05, 3.63) is 72.3 Å². The SMILES string of the molecule is CCCCCCC(O[Si](c1ccccc1)(c1ccccc1)C(C)(C)C)/C(C)=C/C(=O)C(OCC)OCC. The molecule has 0 aromatic heterocycles. The van der Waals surface area contributed by atoms with E-state index in [9.17, 15) is 4.79 Å². The lowest BCUT2D eigenvalue weighted by molar-refractivity contribution is -0.163. The molecule has 2 aromatic rings. The quantitative estimate of drug-likeness (QED) is 0.105. The normalized spacial score (nSPS) is 13.7. The number of rotatable bonds is 16. The number of unbranched alkanes of at least 4 members (excludes halogenated alkanes) is 3. The molecule has 0 aliphatic carbocycles. The maximum absolute atomic E-state index is 13.1. The molecular formula is C32H48O4Si. The molecule has 0 amide bonds. The fourth-order valence-corrected chi connectivity index (χ4v) is 9.69. The molecule has 0 N–H and O–H groups in total. The van der Waals surface area contributed by atoms with Crippen molar-refractivity contribution in [2.45, 2.75) is 98.0 Å². The second kappa shape index (κ2) is 15.4. The summed E-state index contributed by atoms with van der Waals surface area (Å²) in [6.07, 6.45) is 6.08. The van der Waals surface area contributed by atoms with E-state index in [-0.39, 0.29) is 16.9 Å². The smallest absolute Gasteiger partial charge is 0.261 e. The molecule has 0 aliphatic heterocycles. The van der Waals surface area contributed by atoms with Gasteiger partial charge in [0.15, 0.2) is 0 Å². The Labute approximate surface area is 226 Å². The molecule has 204 valence electrons. The van der Waals surface area contributed by atoms with Crippen molar-refractivity contribution in [1.82, 2.24) is 0 Å². The third-order valence-electron chi connectivity index (χ3n) is 6.80. The Bertz CT molecular complexity index is 904. The second-order valence-electron chi connectivity index (χ2n) is 10.7. The zero-order chi connectivity index (χ0) is 27.3. The van der Waals surface area contributed by atoms with Crippen molar-refractivity contribution < 1.29 is 18.7 Å². The van der Waals surface area contributed by atoms with Gasteiger partial charge in [-0.1, -0.05) is 114 Å². The molecule has 0 saturated heterocycles. The summed E-state index contributed by atoms with van der Waals surface area (Å²) in [6.45, 7) is 15.7. The van der Waals surface area contributed by atoms with Crippen LogP contribution in [-0.4, -0.2) is 39.7 Å². The Balaban J connectivity index is 2.59. The van der Waals surface area contributed by atoms with Crippen LogP contribution in [0.15, 0.2) is 72.3 Å². The van der Waals surface area contributed by atoms with Gasteiger partial charge in [0, 0.05) is 13.2 Å². The first-order valence-corrected chi connectivity index (χ1v) is 15.9. The lowest BCUT2D eigenvalue weighted by Gasteiger charge is -2.45. The van der Waals surface area contributed by atoms with Gasteiger partial charge in [-0.25, -0.2) is 0 Å². The Morgan fingerprint density at radius 1 is 0.838 bits per heavy atom. The maximum Gasteiger partial charge on any atom is 0.261 e. The Kier molecular flexibility index (Phi) is 13.0. The lowest BCUT2D eigenvalue weighted by atomic mass is 10.0. The van der Waals surface area contributed by atoms with Gasteiger partial charge in [0.05, 0.1) is 6.10 Å². The molecule has 1 unspecified atom stereocenters. The third kappa shape index (κ3) is 8.47. The molecule has 0 saturated carbocycles. The van der Waals surface area contributed by atoms with Crippen molar-refractivity contribution in [3.8, 4) is 0 Å². The number of ketones is 1. The molecule has 5 heteroatoms. The first-order chi connectivity index (χ1) is 17.7. The topological polar surface area (TPSA) is 44.8 Å². The van der Waals surface area contributed by atoms with Crippen LogP contribution in [0.1, 0.15) is 80.6 Å². The van der Waals surface area contributed by atoms with E-state index in [2.05, 4.69) is 88.4 Å². The number of carbonyl (C=O) groups excluding carboxylic acids is 1. The van der Waals surface area contributed by atoms with Crippen LogP contribution < -0.4 is 10.4 Å². The first kappa shape index (κ1) is 31.2. The molecule has 37 heavy (non-hydrogen) atoms. The fourth-order valence-electron chi connectivity index (χ4n) is 4.94. The Morgan fingerprint density at radius 3 is 1.78 bits per heavy atom. The summed E-state index contributed by atoms with van der Waals surface area (Å²) < 4.78 is 18.6. The molecule has 0 radical (unpaired) electrons. The molecule has 2 rings (SSSR count). The summed E-state index contributed by atoms with van der Waals surface area (Å²) in [5.74, 6) is -0.161. The van der Waals surface area contributed by atoms with Crippen molar-refractivity contribution in [3.63, 3.8) is 0 Å². The molecule has 1 atom stereocenters. The van der Waals surface area contributed by atoms with Crippen molar-refractivity contribution in [2.24, 2.45) is 0 Å². The molecule has 0 aliphatic rings. The highest BCUT2D eigenvalue weighted by Crippen LogP contribution is 2.39. The minimum absolute atomic E-state index is 0.138. The standard InChI is InChI=1S/C32H48O4Si/c1-8-11-12-19-24-30(26(4)25-29(33)31(34-9-2)35-10-3)36-37(32(5,6)7,27-20-15-13-16-21-27)28-22-17-14-18-23-28/h13-18,20-23,25,30-31H,8-12,19,24H2,1-7H3/b26-25+. The summed E-state index contributed by atoms with van der Waals surface area (Å²) in [4.78, 5) is 13.1. The van der Waals surface area contributed by atoms with E-state index in [0.29, 0.717) is 13.2 Å². The Hall–Kier alpha value is -2.05. The van der Waals surface area contributed by atoms with E-state index in [1.54, 1.807) is 6.08 Å². The van der Waals surface area contributed by atoms with Gasteiger partial charge in [0.1, 0.15) is 0 Å². The van der Waals surface area contributed by atoms with E-state index in [4.69, 9.17) is 13.9 Å². The van der Waals surface area contributed by atoms with Crippen molar-refractivity contribution in [2.75, 3.05) is 13.2 Å². The van der Waals surface area contributed by atoms with Gasteiger partial charge < -0.3 is 13.9 Å². The van der Waals surface area contributed by atoms with E-state index in [1.165, 1.54) is 23.2 Å². The predicted octanol–water partition coefficient (Wildman–Crippen LogP) is 6.82. The van der Waals surface area contributed by atoms with Crippen LogP contribution in [0.25, 0.3) is 0 Å². The van der Waals surface area contributed by atoms with E-state index >= 15 is 0 Å². The van der Waals surface area contributed by atoms with Crippen molar-refractivity contribution in [1.29, 1.82) is 0 Å². The minimum Gasteiger partial charge on any atom is -0.401 e. The summed E-state index contributed by atoms with van der Waals surface area (Å²) in [5, 5.41) is 2.35. The van der Waals surface area contributed by atoms with Gasteiger partial charge in [0.25, 0.3) is 8.32 Å². The van der Waals surface area contributed by atoms with Crippen molar-refractivity contribution >= 4 is 24.5 Å². The van der Waals surface area contributed by atoms with Gasteiger partial charge in [-0.2, -0.15) is 0 Å². The monoisotopic (exact) mass is 524 g/mol. The summed E-state index contributed by atoms with van der Waals surface area (Å²) in [5.41, 5.74) is 0.930. The summed E-state index contributed by atoms with van der Waals surface area (Å²) in [6, 6.07) is 21.4. The maximum atomic E-state index is 13.1. The van der Waals surface area contributed by atoms with Gasteiger partial charge in [0.2, 0.25) is 12.1 Å². The predicted molar refractivity (Wildman–Crippen MR) is 157 cm³/mol.